The molecule has 1 aliphatic carbocycles. The molecule has 0 radical (unpaired) electrons. The molecule has 2 aliphatic rings. The van der Waals surface area contributed by atoms with Crippen LogP contribution in [0.15, 0.2) is 40.8 Å². The van der Waals surface area contributed by atoms with Crippen molar-refractivity contribution in [3.8, 4) is 11.3 Å². The van der Waals surface area contributed by atoms with Gasteiger partial charge in [-0.15, -0.1) is 0 Å². The second-order valence-electron chi connectivity index (χ2n) is 8.19. The lowest BCUT2D eigenvalue weighted by molar-refractivity contribution is -0.140. The Labute approximate surface area is 185 Å². The van der Waals surface area contributed by atoms with Crippen molar-refractivity contribution in [2.24, 2.45) is 0 Å². The van der Waals surface area contributed by atoms with Crippen LogP contribution in [-0.2, 0) is 16.1 Å². The van der Waals surface area contributed by atoms with Crippen LogP contribution in [0.1, 0.15) is 37.9 Å². The number of imide groups is 1. The molecule has 164 valence electrons. The van der Waals surface area contributed by atoms with E-state index in [0.29, 0.717) is 35.9 Å². The van der Waals surface area contributed by atoms with Gasteiger partial charge in [0.2, 0.25) is 0 Å². The van der Waals surface area contributed by atoms with Gasteiger partial charge in [-0.25, -0.2) is 4.79 Å². The second-order valence-corrected chi connectivity index (χ2v) is 8.63. The number of urea groups is 1. The molecule has 4 rings (SSSR count). The molecular weight excluding hydrogens is 420 g/mol. The van der Waals surface area contributed by atoms with Crippen molar-refractivity contribution in [3.63, 3.8) is 0 Å². The minimum absolute atomic E-state index is 0.00103. The van der Waals surface area contributed by atoms with Crippen molar-refractivity contribution in [2.45, 2.75) is 44.2 Å². The van der Waals surface area contributed by atoms with E-state index in [1.54, 1.807) is 24.1 Å². The number of nitrogens with zero attached hydrogens (tertiary/aromatic N) is 2. The molecule has 1 saturated heterocycles. The van der Waals surface area contributed by atoms with Gasteiger partial charge < -0.3 is 9.73 Å². The first kappa shape index (κ1) is 21.4. The number of nitrogens with one attached hydrogen (secondary N) is 2. The van der Waals surface area contributed by atoms with Crippen LogP contribution in [-0.4, -0.2) is 46.9 Å². The first-order chi connectivity index (χ1) is 14.9. The number of hydrazine groups is 1. The molecule has 2 heterocycles. The number of furan rings is 1. The lowest BCUT2D eigenvalue weighted by atomic mass is 9.82. The van der Waals surface area contributed by atoms with Gasteiger partial charge in [0.05, 0.1) is 13.1 Å². The van der Waals surface area contributed by atoms with Crippen molar-refractivity contribution >= 4 is 29.4 Å². The van der Waals surface area contributed by atoms with Crippen LogP contribution in [0.5, 0.6) is 0 Å². The zero-order valence-corrected chi connectivity index (χ0v) is 18.1. The van der Waals surface area contributed by atoms with Gasteiger partial charge in [-0.3, -0.25) is 19.9 Å². The summed E-state index contributed by atoms with van der Waals surface area (Å²) in [7, 11) is 1.76. The van der Waals surface area contributed by atoms with Gasteiger partial charge in [0.1, 0.15) is 17.1 Å². The topological polar surface area (TPSA) is 94.9 Å². The third-order valence-electron chi connectivity index (χ3n) is 5.74. The molecule has 1 spiro atoms. The molecule has 0 atom stereocenters. The maximum absolute atomic E-state index is 12.8. The monoisotopic (exact) mass is 444 g/mol. The van der Waals surface area contributed by atoms with Crippen LogP contribution in [0, 0.1) is 0 Å². The molecule has 2 N–H and O–H groups in total. The number of likely N-dealkylation sites (N-methyl/N-ethyl adjacent to an activating group) is 1. The fourth-order valence-corrected chi connectivity index (χ4v) is 4.30. The maximum atomic E-state index is 12.8. The quantitative estimate of drug-likeness (QED) is 0.666. The standard InChI is InChI=1S/C22H25ClN4O4/c1-26(13-17-9-10-18(31-17)15-5-7-16(23)8-6-15)14-19(28)25-27-20(29)22(24-21(27)30)11-3-2-4-12-22/h5-10H,2-4,11-14H2,1H3,(H,24,30)(H,25,28). The Morgan fingerprint density at radius 1 is 1.16 bits per heavy atom. The van der Waals surface area contributed by atoms with E-state index in [9.17, 15) is 14.4 Å². The van der Waals surface area contributed by atoms with E-state index in [1.807, 2.05) is 24.3 Å². The van der Waals surface area contributed by atoms with Gasteiger partial charge in [-0.2, -0.15) is 5.01 Å². The van der Waals surface area contributed by atoms with Crippen LogP contribution in [0.3, 0.4) is 0 Å². The number of halogens is 1. The Morgan fingerprint density at radius 3 is 2.58 bits per heavy atom. The fourth-order valence-electron chi connectivity index (χ4n) is 4.18. The van der Waals surface area contributed by atoms with E-state index >= 15 is 0 Å². The molecular formula is C22H25ClN4O4. The van der Waals surface area contributed by atoms with Crippen molar-refractivity contribution in [3.05, 3.63) is 47.2 Å². The minimum atomic E-state index is -0.860. The first-order valence-electron chi connectivity index (χ1n) is 10.4. The highest BCUT2D eigenvalue weighted by atomic mass is 35.5. The Hall–Kier alpha value is -2.84. The van der Waals surface area contributed by atoms with Crippen molar-refractivity contribution < 1.29 is 18.8 Å². The van der Waals surface area contributed by atoms with Crippen molar-refractivity contribution in [2.75, 3.05) is 13.6 Å². The number of benzene rings is 1. The predicted octanol–water partition coefficient (Wildman–Crippen LogP) is 3.32. The zero-order valence-electron chi connectivity index (χ0n) is 17.3. The van der Waals surface area contributed by atoms with Crippen LogP contribution >= 0.6 is 11.6 Å². The van der Waals surface area contributed by atoms with Crippen LogP contribution < -0.4 is 10.7 Å². The number of hydrogen-bond donors (Lipinski definition) is 2. The number of rotatable bonds is 6. The summed E-state index contributed by atoms with van der Waals surface area (Å²) < 4.78 is 5.86. The largest absolute Gasteiger partial charge is 0.460 e. The Balaban J connectivity index is 1.31. The fraction of sp³-hybridized carbons (Fsp3) is 0.409. The molecule has 31 heavy (non-hydrogen) atoms. The third-order valence-corrected chi connectivity index (χ3v) is 5.99. The van der Waals surface area contributed by atoms with Crippen LogP contribution in [0.4, 0.5) is 4.79 Å². The minimum Gasteiger partial charge on any atom is -0.460 e. The predicted molar refractivity (Wildman–Crippen MR) is 115 cm³/mol. The maximum Gasteiger partial charge on any atom is 0.344 e. The summed E-state index contributed by atoms with van der Waals surface area (Å²) in [6, 6.07) is 10.5. The summed E-state index contributed by atoms with van der Waals surface area (Å²) in [4.78, 5) is 39.2. The second kappa shape index (κ2) is 8.72. The molecule has 1 aromatic heterocycles. The molecule has 4 amide bonds. The van der Waals surface area contributed by atoms with Crippen molar-refractivity contribution in [1.29, 1.82) is 0 Å². The number of carbonyl (C=O) groups is 3. The molecule has 8 nitrogen and oxygen atoms in total. The van der Waals surface area contributed by atoms with E-state index in [-0.39, 0.29) is 12.5 Å². The summed E-state index contributed by atoms with van der Waals surface area (Å²) in [5.74, 6) is 0.591. The molecule has 2 fully saturated rings. The average molecular weight is 445 g/mol. The van der Waals surface area contributed by atoms with E-state index in [2.05, 4.69) is 10.7 Å². The van der Waals surface area contributed by atoms with Gasteiger partial charge in [0.25, 0.3) is 11.8 Å². The summed E-state index contributed by atoms with van der Waals surface area (Å²) in [5.41, 5.74) is 2.50. The molecule has 9 heteroatoms. The highest BCUT2D eigenvalue weighted by molar-refractivity contribution is 6.30. The number of carbonyl (C=O) groups excluding carboxylic acids is 3. The molecule has 0 bridgehead atoms. The van der Waals surface area contributed by atoms with E-state index in [1.165, 1.54) is 0 Å². The van der Waals surface area contributed by atoms with Gasteiger partial charge in [-0.05, 0) is 56.3 Å². The zero-order chi connectivity index (χ0) is 22.0. The normalized spacial score (nSPS) is 18.0. The average Bonchev–Trinajstić information content (AvgIpc) is 3.28. The molecule has 1 aromatic carbocycles. The van der Waals surface area contributed by atoms with Crippen LogP contribution in [0.2, 0.25) is 5.02 Å². The Kier molecular flexibility index (Phi) is 6.02. The lowest BCUT2D eigenvalue weighted by Gasteiger charge is -2.30. The van der Waals surface area contributed by atoms with E-state index in [4.69, 9.17) is 16.0 Å². The highest BCUT2D eigenvalue weighted by Gasteiger charge is 2.52. The molecule has 1 saturated carbocycles. The molecule has 0 unspecified atom stereocenters. The number of amides is 4. The highest BCUT2D eigenvalue weighted by Crippen LogP contribution is 2.33. The SMILES string of the molecule is CN(CC(=O)NN1C(=O)NC2(CCCCC2)C1=O)Cc1ccc(-c2ccc(Cl)cc2)o1. The Morgan fingerprint density at radius 2 is 1.87 bits per heavy atom. The number of hydrogen-bond acceptors (Lipinski definition) is 5. The first-order valence-corrected chi connectivity index (χ1v) is 10.7. The lowest BCUT2D eigenvalue weighted by Crippen LogP contribution is -2.52. The van der Waals surface area contributed by atoms with Crippen molar-refractivity contribution in [1.82, 2.24) is 20.7 Å². The third kappa shape index (κ3) is 4.60. The van der Waals surface area contributed by atoms with Crippen LogP contribution in [0.25, 0.3) is 11.3 Å². The van der Waals surface area contributed by atoms with Gasteiger partial charge >= 0.3 is 6.03 Å². The Bertz CT molecular complexity index is 982. The molecule has 2 aromatic rings. The van der Waals surface area contributed by atoms with Gasteiger partial charge in [0, 0.05) is 10.6 Å². The summed E-state index contributed by atoms with van der Waals surface area (Å²) >= 11 is 5.92. The summed E-state index contributed by atoms with van der Waals surface area (Å²) in [5, 5.41) is 4.26. The van der Waals surface area contributed by atoms with Gasteiger partial charge in [0.15, 0.2) is 0 Å². The molecule has 1 aliphatic heterocycles. The van der Waals surface area contributed by atoms with E-state index in [0.717, 1.165) is 29.8 Å². The van der Waals surface area contributed by atoms with Gasteiger partial charge in [-0.1, -0.05) is 30.9 Å². The van der Waals surface area contributed by atoms with E-state index < -0.39 is 17.5 Å². The summed E-state index contributed by atoms with van der Waals surface area (Å²) in [6.07, 6.45) is 4.04. The summed E-state index contributed by atoms with van der Waals surface area (Å²) in [6.45, 7) is 0.395. The smallest absolute Gasteiger partial charge is 0.344 e.